The van der Waals surface area contributed by atoms with Gasteiger partial charge in [0.2, 0.25) is 0 Å². The van der Waals surface area contributed by atoms with Crippen LogP contribution in [0, 0.1) is 13.8 Å². The van der Waals surface area contributed by atoms with Crippen molar-refractivity contribution >= 4 is 23.5 Å². The van der Waals surface area contributed by atoms with Gasteiger partial charge in [-0.2, -0.15) is 23.5 Å². The number of thioether (sulfide) groups is 2. The van der Waals surface area contributed by atoms with E-state index in [4.69, 9.17) is 5.84 Å². The van der Waals surface area contributed by atoms with Gasteiger partial charge in [-0.25, -0.2) is 0 Å². The van der Waals surface area contributed by atoms with Gasteiger partial charge in [-0.15, -0.1) is 0 Å². The molecule has 0 radical (unpaired) electrons. The van der Waals surface area contributed by atoms with E-state index >= 15 is 0 Å². The molecule has 17 heavy (non-hydrogen) atoms. The first kappa shape index (κ1) is 13.3. The van der Waals surface area contributed by atoms with Crippen molar-refractivity contribution in [3.63, 3.8) is 0 Å². The van der Waals surface area contributed by atoms with Gasteiger partial charge in [-0.3, -0.25) is 11.3 Å². The standard InChI is InChI=1S/C13H20N2S2/c1-9-4-3-5-11(10(9)2)13(15-14)12-8-16-6-7-17-12/h3-5,12-13,15H,6-8,14H2,1-2H3. The first-order valence-electron chi connectivity index (χ1n) is 5.95. The molecular formula is C13H20N2S2. The van der Waals surface area contributed by atoms with Crippen LogP contribution in [0.15, 0.2) is 18.2 Å². The molecule has 1 aliphatic rings. The Kier molecular flexibility index (Phi) is 4.79. The lowest BCUT2D eigenvalue weighted by Crippen LogP contribution is -2.38. The number of hydrazine groups is 1. The van der Waals surface area contributed by atoms with Crippen LogP contribution in [0.25, 0.3) is 0 Å². The first-order valence-corrected chi connectivity index (χ1v) is 8.16. The largest absolute Gasteiger partial charge is 0.271 e. The highest BCUT2D eigenvalue weighted by molar-refractivity contribution is 8.06. The highest BCUT2D eigenvalue weighted by atomic mass is 32.2. The Balaban J connectivity index is 2.24. The van der Waals surface area contributed by atoms with Gasteiger partial charge in [0.25, 0.3) is 0 Å². The van der Waals surface area contributed by atoms with Crippen LogP contribution in [0.5, 0.6) is 0 Å². The summed E-state index contributed by atoms with van der Waals surface area (Å²) in [5.41, 5.74) is 7.09. The van der Waals surface area contributed by atoms with Gasteiger partial charge in [-0.05, 0) is 30.5 Å². The zero-order valence-corrected chi connectivity index (χ0v) is 12.0. The number of nitrogens with one attached hydrogen (secondary N) is 1. The molecule has 0 spiro atoms. The molecule has 0 bridgehead atoms. The second-order valence-corrected chi connectivity index (χ2v) is 6.91. The zero-order valence-electron chi connectivity index (χ0n) is 10.4. The maximum absolute atomic E-state index is 5.78. The molecule has 1 aromatic carbocycles. The van der Waals surface area contributed by atoms with E-state index in [-0.39, 0.29) is 6.04 Å². The van der Waals surface area contributed by atoms with Crippen molar-refractivity contribution in [2.45, 2.75) is 25.1 Å². The van der Waals surface area contributed by atoms with E-state index in [9.17, 15) is 0 Å². The number of aryl methyl sites for hydroxylation is 1. The van der Waals surface area contributed by atoms with Gasteiger partial charge >= 0.3 is 0 Å². The van der Waals surface area contributed by atoms with Crippen LogP contribution < -0.4 is 11.3 Å². The summed E-state index contributed by atoms with van der Waals surface area (Å²) in [5, 5.41) is 0.583. The van der Waals surface area contributed by atoms with Crippen LogP contribution in [-0.4, -0.2) is 22.5 Å². The lowest BCUT2D eigenvalue weighted by Gasteiger charge is -2.30. The summed E-state index contributed by atoms with van der Waals surface area (Å²) in [6.45, 7) is 4.35. The molecule has 1 aliphatic heterocycles. The average Bonchev–Trinajstić information content (AvgIpc) is 2.37. The molecule has 2 nitrogen and oxygen atoms in total. The van der Waals surface area contributed by atoms with E-state index in [1.54, 1.807) is 0 Å². The second kappa shape index (κ2) is 6.14. The highest BCUT2D eigenvalue weighted by Gasteiger charge is 2.26. The normalized spacial score (nSPS) is 22.4. The summed E-state index contributed by atoms with van der Waals surface area (Å²) in [6.07, 6.45) is 0. The smallest absolute Gasteiger partial charge is 0.0589 e. The monoisotopic (exact) mass is 268 g/mol. The van der Waals surface area contributed by atoms with Gasteiger partial charge in [-0.1, -0.05) is 18.2 Å². The molecule has 1 saturated heterocycles. The van der Waals surface area contributed by atoms with Crippen LogP contribution in [0.1, 0.15) is 22.7 Å². The molecule has 2 atom stereocenters. The van der Waals surface area contributed by atoms with E-state index in [0.717, 1.165) is 0 Å². The maximum Gasteiger partial charge on any atom is 0.0589 e. The topological polar surface area (TPSA) is 38.0 Å². The fourth-order valence-electron chi connectivity index (χ4n) is 2.21. The molecule has 0 aromatic heterocycles. The van der Waals surface area contributed by atoms with E-state index in [2.05, 4.69) is 37.5 Å². The number of hydrogen-bond acceptors (Lipinski definition) is 4. The first-order chi connectivity index (χ1) is 8.24. The summed E-state index contributed by atoms with van der Waals surface area (Å²) < 4.78 is 0. The van der Waals surface area contributed by atoms with E-state index in [0.29, 0.717) is 5.25 Å². The third-order valence-corrected chi connectivity index (χ3v) is 6.24. The highest BCUT2D eigenvalue weighted by Crippen LogP contribution is 2.34. The summed E-state index contributed by atoms with van der Waals surface area (Å²) >= 11 is 4.08. The summed E-state index contributed by atoms with van der Waals surface area (Å²) in [7, 11) is 0. The Hall–Kier alpha value is -0.160. The third-order valence-electron chi connectivity index (χ3n) is 3.37. The predicted molar refractivity (Wildman–Crippen MR) is 79.6 cm³/mol. The van der Waals surface area contributed by atoms with Gasteiger partial charge < -0.3 is 0 Å². The van der Waals surface area contributed by atoms with Gasteiger partial charge in [0, 0.05) is 22.5 Å². The van der Waals surface area contributed by atoms with Crippen LogP contribution in [-0.2, 0) is 0 Å². The lowest BCUT2D eigenvalue weighted by molar-refractivity contribution is 0.550. The Morgan fingerprint density at radius 2 is 2.18 bits per heavy atom. The quantitative estimate of drug-likeness (QED) is 0.653. The minimum Gasteiger partial charge on any atom is -0.271 e. The molecule has 1 aromatic rings. The average molecular weight is 268 g/mol. The Morgan fingerprint density at radius 3 is 2.82 bits per heavy atom. The minimum atomic E-state index is 0.271. The Labute approximate surface area is 112 Å². The maximum atomic E-state index is 5.78. The van der Waals surface area contributed by atoms with E-state index in [1.165, 1.54) is 33.9 Å². The summed E-state index contributed by atoms with van der Waals surface area (Å²) in [6, 6.07) is 6.76. The van der Waals surface area contributed by atoms with Crippen molar-refractivity contribution in [3.8, 4) is 0 Å². The van der Waals surface area contributed by atoms with Crippen molar-refractivity contribution in [2.75, 3.05) is 17.3 Å². The van der Waals surface area contributed by atoms with Crippen LogP contribution >= 0.6 is 23.5 Å². The summed E-state index contributed by atoms with van der Waals surface area (Å²) in [5.74, 6) is 9.47. The third kappa shape index (κ3) is 2.99. The van der Waals surface area contributed by atoms with E-state index < -0.39 is 0 Å². The van der Waals surface area contributed by atoms with Crippen LogP contribution in [0.4, 0.5) is 0 Å². The molecule has 1 heterocycles. The zero-order chi connectivity index (χ0) is 12.3. The number of rotatable bonds is 3. The number of benzene rings is 1. The van der Waals surface area contributed by atoms with Gasteiger partial charge in [0.1, 0.15) is 0 Å². The SMILES string of the molecule is Cc1cccc(C(NN)C2CSCCS2)c1C. The van der Waals surface area contributed by atoms with Crippen molar-refractivity contribution in [1.29, 1.82) is 0 Å². The van der Waals surface area contributed by atoms with Crippen molar-refractivity contribution in [2.24, 2.45) is 5.84 Å². The fourth-order valence-corrected chi connectivity index (χ4v) is 5.05. The molecule has 0 saturated carbocycles. The molecular weight excluding hydrogens is 248 g/mol. The molecule has 2 unspecified atom stereocenters. The molecule has 0 amide bonds. The Bertz CT molecular complexity index is 376. The number of hydrogen-bond donors (Lipinski definition) is 2. The molecule has 94 valence electrons. The molecule has 0 aliphatic carbocycles. The molecule has 1 fully saturated rings. The minimum absolute atomic E-state index is 0.271. The summed E-state index contributed by atoms with van der Waals surface area (Å²) in [4.78, 5) is 0. The predicted octanol–water partition coefficient (Wildman–Crippen LogP) is 2.66. The van der Waals surface area contributed by atoms with Gasteiger partial charge in [0.05, 0.1) is 6.04 Å². The van der Waals surface area contributed by atoms with E-state index in [1.807, 2.05) is 23.5 Å². The lowest BCUT2D eigenvalue weighted by atomic mass is 9.96. The molecule has 4 heteroatoms. The van der Waals surface area contributed by atoms with Gasteiger partial charge in [0.15, 0.2) is 0 Å². The molecule has 3 N–H and O–H groups in total. The van der Waals surface area contributed by atoms with Crippen LogP contribution in [0.2, 0.25) is 0 Å². The van der Waals surface area contributed by atoms with Crippen molar-refractivity contribution in [3.05, 3.63) is 34.9 Å². The molecule has 2 rings (SSSR count). The van der Waals surface area contributed by atoms with Crippen molar-refractivity contribution in [1.82, 2.24) is 5.43 Å². The second-order valence-electron chi connectivity index (χ2n) is 4.42. The van der Waals surface area contributed by atoms with Crippen molar-refractivity contribution < 1.29 is 0 Å². The number of nitrogens with two attached hydrogens (primary N) is 1. The Morgan fingerprint density at radius 1 is 1.35 bits per heavy atom. The van der Waals surface area contributed by atoms with Crippen LogP contribution in [0.3, 0.4) is 0 Å². The fraction of sp³-hybridized carbons (Fsp3) is 0.538.